The second-order valence-corrected chi connectivity index (χ2v) is 29.1. The number of para-hydroxylation sites is 2. The molecule has 0 saturated heterocycles. The number of benzene rings is 9. The summed E-state index contributed by atoms with van der Waals surface area (Å²) in [7, 11) is 0. The third-order valence-electron chi connectivity index (χ3n) is 17.8. The van der Waals surface area contributed by atoms with E-state index >= 15 is 0 Å². The minimum atomic E-state index is -0.157. The SMILES string of the molecule is CC(C)(C)c1cc(-c2cc(C(C)(C)C)cc(C(C)(C)C)c2)cc(-c2cccc3c4ccccc4c4ccccc4c4cc(C(C)(C)C)cc5c4n(c23)CN5c2cccc(Oc3ccc4c5ccccc5n(-c5cc(C(C)(C)C)ccn5)c4c3)c2)c1. The van der Waals surface area contributed by atoms with Crippen molar-refractivity contribution in [1.29, 1.82) is 0 Å². The van der Waals surface area contributed by atoms with Crippen molar-refractivity contribution in [3.63, 3.8) is 0 Å². The van der Waals surface area contributed by atoms with E-state index in [9.17, 15) is 0 Å². The van der Waals surface area contributed by atoms with Crippen LogP contribution in [-0.4, -0.2) is 14.1 Å². The number of hydrogen-bond donors (Lipinski definition) is 0. The Hall–Kier alpha value is -8.67. The number of ether oxygens (including phenoxy) is 1. The zero-order valence-electron chi connectivity index (χ0n) is 52.5. The molecule has 0 aliphatic carbocycles. The molecule has 0 spiro atoms. The molecular formula is C80H80N4O. The van der Waals surface area contributed by atoms with E-state index < -0.39 is 0 Å². The Bertz CT molecular complexity index is 4710. The van der Waals surface area contributed by atoms with Crippen LogP contribution in [0.3, 0.4) is 0 Å². The lowest BCUT2D eigenvalue weighted by Gasteiger charge is -2.27. The van der Waals surface area contributed by atoms with E-state index in [1.807, 2.05) is 6.20 Å². The van der Waals surface area contributed by atoms with Gasteiger partial charge in [0.05, 0.1) is 27.8 Å². The maximum atomic E-state index is 7.05. The van der Waals surface area contributed by atoms with E-state index in [1.54, 1.807) is 0 Å². The fourth-order valence-electron chi connectivity index (χ4n) is 12.8. The summed E-state index contributed by atoms with van der Waals surface area (Å²) in [6, 6.07) is 73.0. The van der Waals surface area contributed by atoms with Crippen molar-refractivity contribution in [1.82, 2.24) is 14.1 Å². The van der Waals surface area contributed by atoms with Gasteiger partial charge in [0.1, 0.15) is 24.0 Å². The molecule has 0 bridgehead atoms. The van der Waals surface area contributed by atoms with Gasteiger partial charge in [0.25, 0.3) is 0 Å². The summed E-state index contributed by atoms with van der Waals surface area (Å²) in [5.41, 5.74) is 17.7. The largest absolute Gasteiger partial charge is 0.457 e. The van der Waals surface area contributed by atoms with E-state index in [0.29, 0.717) is 6.67 Å². The predicted molar refractivity (Wildman–Crippen MR) is 364 cm³/mol. The molecule has 0 unspecified atom stereocenters. The van der Waals surface area contributed by atoms with E-state index in [0.717, 1.165) is 45.1 Å². The number of pyridine rings is 1. The third-order valence-corrected chi connectivity index (χ3v) is 17.8. The van der Waals surface area contributed by atoms with Gasteiger partial charge in [0, 0.05) is 51.1 Å². The molecule has 426 valence electrons. The first-order valence-electron chi connectivity index (χ1n) is 30.4. The monoisotopic (exact) mass is 1110 g/mol. The molecule has 5 heteroatoms. The van der Waals surface area contributed by atoms with Crippen LogP contribution < -0.4 is 9.64 Å². The summed E-state index contributed by atoms with van der Waals surface area (Å²) in [4.78, 5) is 7.49. The molecule has 0 radical (unpaired) electrons. The molecule has 0 fully saturated rings. The standard InChI is InChI=1S/C80H80N4O/c1-76(2,3)53-36-37-81-73(46-53)84-70-33-21-20-30-66(70)67-35-34-60(48-71(67)84)85-59-25-22-24-58(47-59)82-49-83-74-61(52-38-50(39-54(42-52)77(4,5)6)51-40-55(78(7,8)9)43-56(41-51)79(10,11)12)31-23-32-68(74)64-28-18-16-26-62(64)63-27-17-19-29-65(63)69-44-57(80(13,14)15)45-72(82)75(69)83/h16-48H,49H2,1-15H3. The first kappa shape index (κ1) is 55.5. The number of fused-ring (bicyclic) bond motifs is 10. The van der Waals surface area contributed by atoms with Crippen LogP contribution in [0.2, 0.25) is 0 Å². The molecule has 1 aliphatic heterocycles. The van der Waals surface area contributed by atoms with Crippen molar-refractivity contribution in [2.75, 3.05) is 4.90 Å². The highest BCUT2D eigenvalue weighted by Gasteiger charge is 2.30. The average molecular weight is 1110 g/mol. The van der Waals surface area contributed by atoms with Crippen LogP contribution in [0.25, 0.3) is 93.2 Å². The van der Waals surface area contributed by atoms with Crippen molar-refractivity contribution in [3.05, 3.63) is 228 Å². The topological polar surface area (TPSA) is 35.2 Å². The Kier molecular flexibility index (Phi) is 13.0. The zero-order chi connectivity index (χ0) is 59.7. The van der Waals surface area contributed by atoms with Gasteiger partial charge in [-0.25, -0.2) is 4.98 Å². The molecule has 1 aliphatic rings. The lowest BCUT2D eigenvalue weighted by atomic mass is 9.78. The normalized spacial score (nSPS) is 13.3. The number of nitrogens with zero attached hydrogens (tertiary/aromatic N) is 4. The molecule has 9 aromatic carbocycles. The van der Waals surface area contributed by atoms with Gasteiger partial charge in [0.15, 0.2) is 0 Å². The molecule has 0 saturated carbocycles. The number of rotatable bonds is 6. The van der Waals surface area contributed by atoms with Gasteiger partial charge in [-0.1, -0.05) is 225 Å². The zero-order valence-corrected chi connectivity index (χ0v) is 52.5. The van der Waals surface area contributed by atoms with Gasteiger partial charge >= 0.3 is 0 Å². The van der Waals surface area contributed by atoms with Crippen LogP contribution in [0.15, 0.2) is 200 Å². The van der Waals surface area contributed by atoms with E-state index in [2.05, 4.69) is 312 Å². The lowest BCUT2D eigenvalue weighted by Crippen LogP contribution is -2.16. The molecule has 0 N–H and O–H groups in total. The quantitative estimate of drug-likeness (QED) is 0.166. The maximum absolute atomic E-state index is 7.05. The summed E-state index contributed by atoms with van der Waals surface area (Å²) in [5.74, 6) is 2.41. The fraction of sp³-hybridized carbons (Fsp3) is 0.263. The number of aromatic nitrogens is 3. The molecule has 4 heterocycles. The molecule has 5 nitrogen and oxygen atoms in total. The highest BCUT2D eigenvalue weighted by atomic mass is 16.5. The Morgan fingerprint density at radius 2 is 0.859 bits per heavy atom. The average Bonchev–Trinajstić information content (AvgIpc) is 1.69. The molecule has 85 heavy (non-hydrogen) atoms. The van der Waals surface area contributed by atoms with Crippen molar-refractivity contribution in [2.45, 2.75) is 138 Å². The maximum Gasteiger partial charge on any atom is 0.137 e. The summed E-state index contributed by atoms with van der Waals surface area (Å²) >= 11 is 0. The van der Waals surface area contributed by atoms with Crippen LogP contribution in [0.1, 0.15) is 132 Å². The first-order valence-corrected chi connectivity index (χ1v) is 30.4. The highest BCUT2D eigenvalue weighted by molar-refractivity contribution is 6.22. The van der Waals surface area contributed by atoms with Gasteiger partial charge in [-0.3, -0.25) is 4.57 Å². The van der Waals surface area contributed by atoms with Crippen LogP contribution >= 0.6 is 0 Å². The molecule has 0 atom stereocenters. The summed E-state index contributed by atoms with van der Waals surface area (Å²) in [5, 5.41) is 9.61. The Morgan fingerprint density at radius 1 is 0.353 bits per heavy atom. The van der Waals surface area contributed by atoms with Crippen LogP contribution in [-0.2, 0) is 33.7 Å². The van der Waals surface area contributed by atoms with Crippen LogP contribution in [0.5, 0.6) is 11.5 Å². The van der Waals surface area contributed by atoms with E-state index in [1.165, 1.54) is 98.8 Å². The highest BCUT2D eigenvalue weighted by Crippen LogP contribution is 2.48. The second-order valence-electron chi connectivity index (χ2n) is 29.1. The van der Waals surface area contributed by atoms with E-state index in [4.69, 9.17) is 9.72 Å². The van der Waals surface area contributed by atoms with Crippen LogP contribution in [0, 0.1) is 0 Å². The summed E-state index contributed by atoms with van der Waals surface area (Å²) in [6.07, 6.45) is 1.94. The number of hydrogen-bond acceptors (Lipinski definition) is 3. The van der Waals surface area contributed by atoms with Gasteiger partial charge in [-0.15, -0.1) is 0 Å². The number of anilines is 2. The van der Waals surface area contributed by atoms with Gasteiger partial charge < -0.3 is 14.2 Å². The minimum absolute atomic E-state index is 0.0291. The predicted octanol–water partition coefficient (Wildman–Crippen LogP) is 22.4. The van der Waals surface area contributed by atoms with Crippen LogP contribution in [0.4, 0.5) is 11.4 Å². The Morgan fingerprint density at radius 3 is 1.49 bits per heavy atom. The van der Waals surface area contributed by atoms with Crippen molar-refractivity contribution in [3.8, 4) is 39.6 Å². The smallest absolute Gasteiger partial charge is 0.137 e. The second kappa shape index (κ2) is 20.0. The Balaban J connectivity index is 1.05. The molecule has 3 aromatic heterocycles. The molecule has 13 rings (SSSR count). The minimum Gasteiger partial charge on any atom is -0.457 e. The van der Waals surface area contributed by atoms with E-state index in [-0.39, 0.29) is 27.1 Å². The summed E-state index contributed by atoms with van der Waals surface area (Å²) < 4.78 is 12.0. The first-order chi connectivity index (χ1) is 40.3. The van der Waals surface area contributed by atoms with Crippen molar-refractivity contribution < 1.29 is 4.74 Å². The molecule has 0 amide bonds. The van der Waals surface area contributed by atoms with Gasteiger partial charge in [0.2, 0.25) is 0 Å². The molecular weight excluding hydrogens is 1030 g/mol. The lowest BCUT2D eigenvalue weighted by molar-refractivity contribution is 0.483. The van der Waals surface area contributed by atoms with Crippen molar-refractivity contribution in [2.24, 2.45) is 0 Å². The molecule has 12 aromatic rings. The van der Waals surface area contributed by atoms with Gasteiger partial charge in [-0.05, 0) is 154 Å². The summed E-state index contributed by atoms with van der Waals surface area (Å²) in [6.45, 7) is 35.4. The van der Waals surface area contributed by atoms with Gasteiger partial charge in [-0.2, -0.15) is 0 Å². The Labute approximate surface area is 502 Å². The fourth-order valence-corrected chi connectivity index (χ4v) is 12.8. The van der Waals surface area contributed by atoms with Crippen molar-refractivity contribution >= 4 is 76.5 Å². The third kappa shape index (κ3) is 9.99.